The Morgan fingerprint density at radius 1 is 1.00 bits per heavy atom. The van der Waals surface area contributed by atoms with E-state index in [4.69, 9.17) is 0 Å². The third-order valence-electron chi connectivity index (χ3n) is 4.74. The van der Waals surface area contributed by atoms with E-state index in [1.54, 1.807) is 12.1 Å². The Hall–Kier alpha value is -2.81. The van der Waals surface area contributed by atoms with Crippen LogP contribution in [0.25, 0.3) is 0 Å². The second-order valence-corrected chi connectivity index (χ2v) is 10.1. The molecule has 0 bridgehead atoms. The number of benzene rings is 3. The summed E-state index contributed by atoms with van der Waals surface area (Å²) in [6, 6.07) is 23.6. The van der Waals surface area contributed by atoms with Gasteiger partial charge in [0.15, 0.2) is 0 Å². The summed E-state index contributed by atoms with van der Waals surface area (Å²) in [6.07, 6.45) is 2.01. The number of halogens is 1. The summed E-state index contributed by atoms with van der Waals surface area (Å²) in [5.74, 6) is -0.512. The molecule has 0 unspecified atom stereocenters. The molecule has 32 heavy (non-hydrogen) atoms. The van der Waals surface area contributed by atoms with Crippen molar-refractivity contribution in [2.24, 2.45) is 5.10 Å². The number of rotatable bonds is 9. The van der Waals surface area contributed by atoms with Crippen molar-refractivity contribution in [2.75, 3.05) is 13.1 Å². The molecule has 1 amide bonds. The van der Waals surface area contributed by atoms with Crippen molar-refractivity contribution < 1.29 is 13.2 Å². The molecule has 3 aromatic carbocycles. The van der Waals surface area contributed by atoms with Gasteiger partial charge in [0.05, 0.1) is 17.7 Å². The van der Waals surface area contributed by atoms with E-state index in [0.717, 1.165) is 21.2 Å². The number of carbonyl (C=O) groups excluding carboxylic acids is 1. The normalized spacial score (nSPS) is 11.7. The molecule has 0 radical (unpaired) electrons. The minimum atomic E-state index is -3.87. The highest BCUT2D eigenvalue weighted by molar-refractivity contribution is 9.10. The summed E-state index contributed by atoms with van der Waals surface area (Å²) in [4.78, 5) is 12.6. The third-order valence-corrected chi connectivity index (χ3v) is 7.13. The first kappa shape index (κ1) is 23.8. The highest BCUT2D eigenvalue weighted by Gasteiger charge is 2.26. The van der Waals surface area contributed by atoms with E-state index in [2.05, 4.69) is 26.5 Å². The fraction of sp³-hybridized carbons (Fsp3) is 0.167. The van der Waals surface area contributed by atoms with Gasteiger partial charge >= 0.3 is 0 Å². The van der Waals surface area contributed by atoms with Crippen molar-refractivity contribution in [1.29, 1.82) is 0 Å². The van der Waals surface area contributed by atoms with Gasteiger partial charge in [-0.05, 0) is 48.7 Å². The summed E-state index contributed by atoms with van der Waals surface area (Å²) in [6.45, 7) is 1.81. The second-order valence-electron chi connectivity index (χ2n) is 7.23. The fourth-order valence-electron chi connectivity index (χ4n) is 2.97. The molecule has 0 spiro atoms. The van der Waals surface area contributed by atoms with Crippen LogP contribution in [0, 0.1) is 6.92 Å². The number of carbonyl (C=O) groups is 1. The lowest BCUT2D eigenvalue weighted by Crippen LogP contribution is -2.40. The van der Waals surface area contributed by atoms with Crippen molar-refractivity contribution in [3.8, 4) is 0 Å². The van der Waals surface area contributed by atoms with Crippen LogP contribution in [0.15, 0.2) is 93.3 Å². The minimum Gasteiger partial charge on any atom is -0.272 e. The Morgan fingerprint density at radius 3 is 2.31 bits per heavy atom. The second kappa shape index (κ2) is 11.2. The van der Waals surface area contributed by atoms with Crippen LogP contribution in [0.2, 0.25) is 0 Å². The van der Waals surface area contributed by atoms with Crippen LogP contribution in [0.5, 0.6) is 0 Å². The molecule has 0 fully saturated rings. The van der Waals surface area contributed by atoms with Crippen LogP contribution in [0.3, 0.4) is 0 Å². The molecular weight excluding hydrogens is 490 g/mol. The molecule has 6 nitrogen and oxygen atoms in total. The standard InChI is InChI=1S/C24H24BrN3O3S/c1-19-7-9-21(10-8-19)17-26-27-24(29)18-28(16-15-20-5-3-2-4-6-20)32(30,31)23-13-11-22(25)12-14-23/h2-14,17H,15-16,18H2,1H3,(H,27,29)/b26-17-. The number of hydrogen-bond donors (Lipinski definition) is 1. The summed E-state index contributed by atoms with van der Waals surface area (Å²) in [5.41, 5.74) is 5.37. The molecule has 0 saturated heterocycles. The largest absolute Gasteiger partial charge is 0.272 e. The van der Waals surface area contributed by atoms with Crippen LogP contribution in [-0.2, 0) is 21.2 Å². The zero-order chi connectivity index (χ0) is 23.0. The third kappa shape index (κ3) is 6.85. The zero-order valence-corrected chi connectivity index (χ0v) is 20.0. The molecule has 0 aromatic heterocycles. The first-order valence-electron chi connectivity index (χ1n) is 10.0. The van der Waals surface area contributed by atoms with Crippen molar-refractivity contribution in [3.05, 3.63) is 100 Å². The number of hydrogen-bond acceptors (Lipinski definition) is 4. The summed E-state index contributed by atoms with van der Waals surface area (Å²) in [5, 5.41) is 3.96. The van der Waals surface area contributed by atoms with Crippen molar-refractivity contribution in [1.82, 2.24) is 9.73 Å². The molecule has 0 atom stereocenters. The lowest BCUT2D eigenvalue weighted by atomic mass is 10.1. The molecule has 0 aliphatic carbocycles. The molecule has 3 rings (SSSR count). The summed E-state index contributed by atoms with van der Waals surface area (Å²) in [7, 11) is -3.87. The Labute approximate surface area is 197 Å². The molecule has 0 heterocycles. The van der Waals surface area contributed by atoms with Gasteiger partial charge in [0.1, 0.15) is 0 Å². The quantitative estimate of drug-likeness (QED) is 0.345. The van der Waals surface area contributed by atoms with Gasteiger partial charge < -0.3 is 0 Å². The van der Waals surface area contributed by atoms with Gasteiger partial charge in [-0.25, -0.2) is 13.8 Å². The Morgan fingerprint density at radius 2 is 1.66 bits per heavy atom. The first-order valence-corrected chi connectivity index (χ1v) is 12.3. The van der Waals surface area contributed by atoms with E-state index in [1.807, 2.05) is 61.5 Å². The topological polar surface area (TPSA) is 78.8 Å². The van der Waals surface area contributed by atoms with E-state index in [9.17, 15) is 13.2 Å². The van der Waals surface area contributed by atoms with E-state index < -0.39 is 15.9 Å². The monoisotopic (exact) mass is 513 g/mol. The lowest BCUT2D eigenvalue weighted by Gasteiger charge is -2.21. The smallest absolute Gasteiger partial charge is 0.255 e. The highest BCUT2D eigenvalue weighted by Crippen LogP contribution is 2.19. The fourth-order valence-corrected chi connectivity index (χ4v) is 4.63. The van der Waals surface area contributed by atoms with Gasteiger partial charge in [0.25, 0.3) is 5.91 Å². The first-order chi connectivity index (χ1) is 15.3. The van der Waals surface area contributed by atoms with Gasteiger partial charge in [-0.2, -0.15) is 9.41 Å². The zero-order valence-electron chi connectivity index (χ0n) is 17.6. The van der Waals surface area contributed by atoms with Gasteiger partial charge in [0, 0.05) is 11.0 Å². The molecule has 0 aliphatic rings. The molecule has 8 heteroatoms. The number of nitrogens with zero attached hydrogens (tertiary/aromatic N) is 2. The van der Waals surface area contributed by atoms with E-state index in [1.165, 1.54) is 22.7 Å². The molecule has 1 N–H and O–H groups in total. The average molecular weight is 514 g/mol. The van der Waals surface area contributed by atoms with Crippen molar-refractivity contribution >= 4 is 38.1 Å². The van der Waals surface area contributed by atoms with Crippen LogP contribution in [0.1, 0.15) is 16.7 Å². The van der Waals surface area contributed by atoms with Gasteiger partial charge in [-0.15, -0.1) is 0 Å². The van der Waals surface area contributed by atoms with E-state index >= 15 is 0 Å². The number of sulfonamides is 1. The van der Waals surface area contributed by atoms with Crippen LogP contribution in [-0.4, -0.2) is 37.9 Å². The van der Waals surface area contributed by atoms with E-state index in [0.29, 0.717) is 6.42 Å². The van der Waals surface area contributed by atoms with Crippen LogP contribution < -0.4 is 5.43 Å². The number of hydrazone groups is 1. The molecule has 0 aliphatic heterocycles. The van der Waals surface area contributed by atoms with Crippen LogP contribution in [0.4, 0.5) is 0 Å². The predicted molar refractivity (Wildman–Crippen MR) is 130 cm³/mol. The molecule has 166 valence electrons. The lowest BCUT2D eigenvalue weighted by molar-refractivity contribution is -0.121. The average Bonchev–Trinajstić information content (AvgIpc) is 2.79. The molecule has 0 saturated carbocycles. The Kier molecular flexibility index (Phi) is 8.33. The maximum Gasteiger partial charge on any atom is 0.255 e. The van der Waals surface area contributed by atoms with E-state index in [-0.39, 0.29) is 18.0 Å². The van der Waals surface area contributed by atoms with Gasteiger partial charge in [-0.3, -0.25) is 4.79 Å². The number of amides is 1. The Bertz CT molecular complexity index is 1160. The van der Waals surface area contributed by atoms with Gasteiger partial charge in [-0.1, -0.05) is 76.1 Å². The SMILES string of the molecule is Cc1ccc(/C=N\NC(=O)CN(CCc2ccccc2)S(=O)(=O)c2ccc(Br)cc2)cc1. The number of aryl methyl sites for hydroxylation is 1. The van der Waals surface area contributed by atoms with Crippen LogP contribution >= 0.6 is 15.9 Å². The number of nitrogens with one attached hydrogen (secondary N) is 1. The maximum absolute atomic E-state index is 13.2. The summed E-state index contributed by atoms with van der Waals surface area (Å²) >= 11 is 3.31. The molecular formula is C24H24BrN3O3S. The highest BCUT2D eigenvalue weighted by atomic mass is 79.9. The predicted octanol–water partition coefficient (Wildman–Crippen LogP) is 4.14. The molecule has 3 aromatic rings. The maximum atomic E-state index is 13.2. The van der Waals surface area contributed by atoms with Gasteiger partial charge in [0.2, 0.25) is 10.0 Å². The minimum absolute atomic E-state index is 0.129. The summed E-state index contributed by atoms with van der Waals surface area (Å²) < 4.78 is 28.4. The van der Waals surface area contributed by atoms with Crippen molar-refractivity contribution in [3.63, 3.8) is 0 Å². The Balaban J connectivity index is 1.72. The van der Waals surface area contributed by atoms with Crippen molar-refractivity contribution in [2.45, 2.75) is 18.2 Å².